The van der Waals surface area contributed by atoms with E-state index in [-0.39, 0.29) is 36.1 Å². The van der Waals surface area contributed by atoms with Crippen LogP contribution in [-0.4, -0.2) is 37.3 Å². The number of nitrogens with one attached hydrogen (secondary N) is 1. The molecule has 0 radical (unpaired) electrons. The summed E-state index contributed by atoms with van der Waals surface area (Å²) in [5, 5.41) is 21.3. The molecule has 2 heterocycles. The number of rotatable bonds is 6. The number of nitrogens with zero attached hydrogens (tertiary/aromatic N) is 5. The zero-order chi connectivity index (χ0) is 21.9. The van der Waals surface area contributed by atoms with Crippen LogP contribution in [0, 0.1) is 17.1 Å². The zero-order valence-corrected chi connectivity index (χ0v) is 15.7. The van der Waals surface area contributed by atoms with Crippen molar-refractivity contribution in [1.82, 2.24) is 19.5 Å². The number of aromatic nitrogens is 4. The van der Waals surface area contributed by atoms with Crippen molar-refractivity contribution in [3.8, 4) is 23.3 Å². The van der Waals surface area contributed by atoms with Crippen LogP contribution in [-0.2, 0) is 12.6 Å². The average molecular weight is 420 g/mol. The molecule has 0 aliphatic heterocycles. The Morgan fingerprint density at radius 3 is 2.70 bits per heavy atom. The first-order chi connectivity index (χ1) is 14.2. The summed E-state index contributed by atoms with van der Waals surface area (Å²) in [6.45, 7) is 1.75. The third kappa shape index (κ3) is 4.55. The van der Waals surface area contributed by atoms with E-state index >= 15 is 0 Å². The Bertz CT molecular complexity index is 1090. The fraction of sp³-hybridized carbons (Fsp3) is 0.263. The molecule has 2 aromatic heterocycles. The van der Waals surface area contributed by atoms with Gasteiger partial charge in [-0.2, -0.15) is 23.4 Å². The number of aliphatic hydroxyl groups is 1. The highest BCUT2D eigenvalue weighted by atomic mass is 19.4. The van der Waals surface area contributed by atoms with Gasteiger partial charge in [0.15, 0.2) is 0 Å². The van der Waals surface area contributed by atoms with Gasteiger partial charge >= 0.3 is 6.18 Å². The highest BCUT2D eigenvalue weighted by Gasteiger charge is 2.34. The third-order valence-corrected chi connectivity index (χ3v) is 4.05. The molecule has 1 atom stereocenters. The Morgan fingerprint density at radius 2 is 2.03 bits per heavy atom. The van der Waals surface area contributed by atoms with Crippen LogP contribution < -0.4 is 5.32 Å². The standard InChI is InChI=1S/C19H16F4N6O/c1-11(30)9-27-18-25-7-5-16(28-18)29-13(4-6-24)10-26-17(29)12-2-3-15(20)14(8-12)19(21,22)23/h2-3,5,7-8,10-11,30H,4,9H2,1H3,(H,25,27,28). The molecule has 0 spiro atoms. The highest BCUT2D eigenvalue weighted by molar-refractivity contribution is 5.61. The fourth-order valence-corrected chi connectivity index (χ4v) is 2.73. The Balaban J connectivity index is 2.12. The summed E-state index contributed by atoms with van der Waals surface area (Å²) in [5.74, 6) is -0.918. The Morgan fingerprint density at radius 1 is 1.27 bits per heavy atom. The van der Waals surface area contributed by atoms with E-state index in [1.807, 2.05) is 6.07 Å². The summed E-state index contributed by atoms with van der Waals surface area (Å²) in [7, 11) is 0. The molecular formula is C19H16F4N6O. The maximum atomic E-state index is 13.7. The molecule has 0 fully saturated rings. The van der Waals surface area contributed by atoms with E-state index in [1.54, 1.807) is 6.92 Å². The minimum Gasteiger partial charge on any atom is -0.392 e. The molecule has 0 aliphatic carbocycles. The van der Waals surface area contributed by atoms with E-state index in [9.17, 15) is 22.7 Å². The fourth-order valence-electron chi connectivity index (χ4n) is 2.73. The van der Waals surface area contributed by atoms with Gasteiger partial charge < -0.3 is 10.4 Å². The van der Waals surface area contributed by atoms with E-state index in [4.69, 9.17) is 5.26 Å². The quantitative estimate of drug-likeness (QED) is 0.594. The van der Waals surface area contributed by atoms with Gasteiger partial charge in [-0.05, 0) is 31.2 Å². The minimum absolute atomic E-state index is 0.00465. The molecule has 7 nitrogen and oxygen atoms in total. The predicted molar refractivity (Wildman–Crippen MR) is 99.0 cm³/mol. The summed E-state index contributed by atoms with van der Waals surface area (Å²) in [6.07, 6.45) is -2.85. The van der Waals surface area contributed by atoms with Crippen molar-refractivity contribution in [1.29, 1.82) is 5.26 Å². The smallest absolute Gasteiger partial charge is 0.392 e. The summed E-state index contributed by atoms with van der Waals surface area (Å²) < 4.78 is 54.5. The SMILES string of the molecule is CC(O)CNc1nccc(-n2c(CC#N)cnc2-c2ccc(F)c(C(F)(F)F)c2)n1. The van der Waals surface area contributed by atoms with Crippen LogP contribution in [0.1, 0.15) is 18.2 Å². The molecular weight excluding hydrogens is 404 g/mol. The van der Waals surface area contributed by atoms with Gasteiger partial charge in [0.05, 0.1) is 36.0 Å². The summed E-state index contributed by atoms with van der Waals surface area (Å²) in [4.78, 5) is 12.5. The highest BCUT2D eigenvalue weighted by Crippen LogP contribution is 2.34. The van der Waals surface area contributed by atoms with Gasteiger partial charge in [-0.1, -0.05) is 0 Å². The van der Waals surface area contributed by atoms with Crippen LogP contribution in [0.2, 0.25) is 0 Å². The van der Waals surface area contributed by atoms with Crippen molar-refractivity contribution in [3.05, 3.63) is 53.7 Å². The Kier molecular flexibility index (Phi) is 5.98. The second-order valence-electron chi connectivity index (χ2n) is 6.40. The lowest BCUT2D eigenvalue weighted by molar-refractivity contribution is -0.139. The van der Waals surface area contributed by atoms with Gasteiger partial charge in [0, 0.05) is 18.3 Å². The molecule has 0 bridgehead atoms. The zero-order valence-electron chi connectivity index (χ0n) is 15.7. The number of halogens is 4. The predicted octanol–water partition coefficient (Wildman–Crippen LogP) is 3.35. The number of imidazole rings is 1. The van der Waals surface area contributed by atoms with Crippen LogP contribution >= 0.6 is 0 Å². The topological polar surface area (TPSA) is 99.7 Å². The van der Waals surface area contributed by atoms with Crippen LogP contribution in [0.5, 0.6) is 0 Å². The number of aliphatic hydroxyl groups excluding tert-OH is 1. The van der Waals surface area contributed by atoms with Crippen molar-refractivity contribution in [3.63, 3.8) is 0 Å². The van der Waals surface area contributed by atoms with Crippen molar-refractivity contribution in [2.24, 2.45) is 0 Å². The largest absolute Gasteiger partial charge is 0.419 e. The second kappa shape index (κ2) is 8.46. The van der Waals surface area contributed by atoms with Crippen LogP contribution in [0.3, 0.4) is 0 Å². The molecule has 11 heteroatoms. The molecule has 0 aliphatic rings. The van der Waals surface area contributed by atoms with Crippen molar-refractivity contribution in [2.45, 2.75) is 25.6 Å². The summed E-state index contributed by atoms with van der Waals surface area (Å²) in [5.41, 5.74) is -1.03. The van der Waals surface area contributed by atoms with Crippen LogP contribution in [0.15, 0.2) is 36.7 Å². The van der Waals surface area contributed by atoms with E-state index < -0.39 is 23.7 Å². The molecule has 0 saturated heterocycles. The van der Waals surface area contributed by atoms with Gasteiger partial charge in [0.2, 0.25) is 5.95 Å². The Hall–Kier alpha value is -3.52. The number of anilines is 1. The first kappa shape index (κ1) is 21.2. The number of alkyl halides is 3. The van der Waals surface area contributed by atoms with Crippen molar-refractivity contribution in [2.75, 3.05) is 11.9 Å². The molecule has 1 unspecified atom stereocenters. The van der Waals surface area contributed by atoms with Gasteiger partial charge in [0.25, 0.3) is 0 Å². The maximum Gasteiger partial charge on any atom is 0.419 e. The van der Waals surface area contributed by atoms with E-state index in [0.717, 1.165) is 6.07 Å². The number of benzene rings is 1. The van der Waals surface area contributed by atoms with Crippen LogP contribution in [0.4, 0.5) is 23.5 Å². The molecule has 0 saturated carbocycles. The van der Waals surface area contributed by atoms with Gasteiger partial charge in [-0.15, -0.1) is 0 Å². The summed E-state index contributed by atoms with van der Waals surface area (Å²) in [6, 6.07) is 6.02. The molecule has 30 heavy (non-hydrogen) atoms. The monoisotopic (exact) mass is 420 g/mol. The van der Waals surface area contributed by atoms with Crippen molar-refractivity contribution >= 4 is 5.95 Å². The van der Waals surface area contributed by atoms with E-state index in [1.165, 1.54) is 29.1 Å². The molecule has 2 N–H and O–H groups in total. The summed E-state index contributed by atoms with van der Waals surface area (Å²) >= 11 is 0. The average Bonchev–Trinajstić information content (AvgIpc) is 3.10. The van der Waals surface area contributed by atoms with Gasteiger partial charge in [-0.3, -0.25) is 4.57 Å². The second-order valence-corrected chi connectivity index (χ2v) is 6.40. The van der Waals surface area contributed by atoms with E-state index in [0.29, 0.717) is 11.8 Å². The van der Waals surface area contributed by atoms with Gasteiger partial charge in [0.1, 0.15) is 17.5 Å². The molecule has 156 valence electrons. The first-order valence-corrected chi connectivity index (χ1v) is 8.76. The molecule has 0 amide bonds. The lowest BCUT2D eigenvalue weighted by Gasteiger charge is -2.14. The van der Waals surface area contributed by atoms with Crippen LogP contribution in [0.25, 0.3) is 17.2 Å². The molecule has 3 aromatic rings. The normalized spacial score (nSPS) is 12.4. The molecule has 3 rings (SSSR count). The molecule has 1 aromatic carbocycles. The van der Waals surface area contributed by atoms with Crippen molar-refractivity contribution < 1.29 is 22.7 Å². The lowest BCUT2D eigenvalue weighted by Crippen LogP contribution is -2.17. The third-order valence-electron chi connectivity index (χ3n) is 4.05. The van der Waals surface area contributed by atoms with E-state index in [2.05, 4.69) is 20.3 Å². The van der Waals surface area contributed by atoms with Gasteiger partial charge in [-0.25, -0.2) is 14.4 Å². The first-order valence-electron chi connectivity index (χ1n) is 8.76. The maximum absolute atomic E-state index is 13.7. The lowest BCUT2D eigenvalue weighted by atomic mass is 10.1. The number of hydrogen-bond acceptors (Lipinski definition) is 6. The number of hydrogen-bond donors (Lipinski definition) is 2. The minimum atomic E-state index is -4.88. The Labute approximate surface area is 168 Å². The number of nitriles is 1.